The number of carbonyl (C=O) groups is 1. The summed E-state index contributed by atoms with van der Waals surface area (Å²) in [6.45, 7) is -0.591. The van der Waals surface area contributed by atoms with Gasteiger partial charge in [0.1, 0.15) is 6.61 Å². The van der Waals surface area contributed by atoms with E-state index in [0.29, 0.717) is 0 Å². The van der Waals surface area contributed by atoms with Crippen molar-refractivity contribution in [2.45, 2.75) is 12.5 Å². The van der Waals surface area contributed by atoms with Gasteiger partial charge in [-0.15, -0.1) is 12.4 Å². The second-order valence-corrected chi connectivity index (χ2v) is 3.94. The van der Waals surface area contributed by atoms with Crippen LogP contribution in [0.1, 0.15) is 6.42 Å². The van der Waals surface area contributed by atoms with Gasteiger partial charge >= 0.3 is 0 Å². The van der Waals surface area contributed by atoms with Crippen LogP contribution in [0.2, 0.25) is 0 Å². The van der Waals surface area contributed by atoms with Gasteiger partial charge in [0.15, 0.2) is 23.2 Å². The number of Topliss-reactive ketones (excluding diaryl/α,β-unsaturated/α-hetero) is 1. The lowest BCUT2D eigenvalue weighted by atomic mass is 10.1. The van der Waals surface area contributed by atoms with Crippen LogP contribution >= 0.6 is 12.4 Å². The monoisotopic (exact) mass is 331 g/mol. The van der Waals surface area contributed by atoms with Crippen LogP contribution in [-0.4, -0.2) is 32.1 Å². The number of methoxy groups -OCH3 is 1. The molecule has 0 fully saturated rings. The number of ketones is 1. The standard InChI is InChI=1S/C12H13F4NO3.ClH/c1-19-3-2-8(17)9(18)5-20-12-10(15)6(13)4-7(14)11(12)16;/h4,8H,2-3,5,17H2,1H3;1H/t8-;/m0./s1. The molecule has 4 nitrogen and oxygen atoms in total. The quantitative estimate of drug-likeness (QED) is 0.613. The van der Waals surface area contributed by atoms with Crippen LogP contribution in [0.4, 0.5) is 17.6 Å². The van der Waals surface area contributed by atoms with E-state index in [1.54, 1.807) is 0 Å². The molecule has 0 saturated carbocycles. The summed E-state index contributed by atoms with van der Waals surface area (Å²) in [7, 11) is 1.41. The number of benzene rings is 1. The van der Waals surface area contributed by atoms with Gasteiger partial charge < -0.3 is 15.2 Å². The van der Waals surface area contributed by atoms with Crippen LogP contribution in [-0.2, 0) is 9.53 Å². The highest BCUT2D eigenvalue weighted by Gasteiger charge is 2.22. The molecule has 120 valence electrons. The zero-order valence-electron chi connectivity index (χ0n) is 11.0. The summed E-state index contributed by atoms with van der Waals surface area (Å²) < 4.78 is 61.4. The molecule has 21 heavy (non-hydrogen) atoms. The molecule has 0 aliphatic heterocycles. The molecular weight excluding hydrogens is 318 g/mol. The Hall–Kier alpha value is -1.38. The molecule has 1 rings (SSSR count). The van der Waals surface area contributed by atoms with Crippen LogP contribution in [0.3, 0.4) is 0 Å². The molecule has 0 amide bonds. The molecule has 0 unspecified atom stereocenters. The number of nitrogens with two attached hydrogens (primary N) is 1. The number of hydrogen-bond acceptors (Lipinski definition) is 4. The van der Waals surface area contributed by atoms with Gasteiger partial charge in [0.05, 0.1) is 6.04 Å². The van der Waals surface area contributed by atoms with E-state index in [4.69, 9.17) is 10.5 Å². The molecule has 9 heteroatoms. The first-order valence-corrected chi connectivity index (χ1v) is 5.61. The minimum absolute atomic E-state index is 0. The molecule has 0 heterocycles. The van der Waals surface area contributed by atoms with E-state index in [1.165, 1.54) is 7.11 Å². The Morgan fingerprint density at radius 1 is 1.24 bits per heavy atom. The van der Waals surface area contributed by atoms with Gasteiger partial charge in [-0.3, -0.25) is 4.79 Å². The van der Waals surface area contributed by atoms with E-state index in [0.717, 1.165) is 0 Å². The highest BCUT2D eigenvalue weighted by atomic mass is 35.5. The van der Waals surface area contributed by atoms with E-state index in [1.807, 2.05) is 0 Å². The van der Waals surface area contributed by atoms with Crippen LogP contribution in [0.5, 0.6) is 5.75 Å². The molecule has 1 aromatic rings. The van der Waals surface area contributed by atoms with Gasteiger partial charge in [-0.2, -0.15) is 8.78 Å². The van der Waals surface area contributed by atoms with Crippen molar-refractivity contribution in [3.05, 3.63) is 29.3 Å². The predicted octanol–water partition coefficient (Wildman–Crippen LogP) is 1.98. The second kappa shape index (κ2) is 8.81. The van der Waals surface area contributed by atoms with E-state index < -0.39 is 47.5 Å². The molecule has 0 aliphatic carbocycles. The molecule has 0 radical (unpaired) electrons. The van der Waals surface area contributed by atoms with E-state index in [2.05, 4.69) is 4.74 Å². The lowest BCUT2D eigenvalue weighted by molar-refractivity contribution is -0.122. The van der Waals surface area contributed by atoms with E-state index >= 15 is 0 Å². The average molecular weight is 332 g/mol. The molecule has 0 saturated heterocycles. The minimum Gasteiger partial charge on any atom is -0.479 e. The normalized spacial score (nSPS) is 11.7. The Balaban J connectivity index is 0.00000400. The summed E-state index contributed by atoms with van der Waals surface area (Å²) >= 11 is 0. The molecular formula is C12H14ClF4NO3. The van der Waals surface area contributed by atoms with Crippen molar-refractivity contribution >= 4 is 18.2 Å². The molecule has 0 aromatic heterocycles. The maximum Gasteiger partial charge on any atom is 0.203 e. The number of halogens is 5. The fourth-order valence-electron chi connectivity index (χ4n) is 1.33. The number of rotatable bonds is 7. The average Bonchev–Trinajstić information content (AvgIpc) is 2.42. The van der Waals surface area contributed by atoms with Crippen molar-refractivity contribution in [1.82, 2.24) is 0 Å². The summed E-state index contributed by atoms with van der Waals surface area (Å²) in [5.74, 6) is -8.60. The molecule has 0 bridgehead atoms. The van der Waals surface area contributed by atoms with Crippen LogP contribution < -0.4 is 10.5 Å². The third-order valence-corrected chi connectivity index (χ3v) is 2.48. The summed E-state index contributed by atoms with van der Waals surface area (Å²) in [5.41, 5.74) is 5.46. The van der Waals surface area contributed by atoms with Gasteiger partial charge in [-0.25, -0.2) is 8.78 Å². The van der Waals surface area contributed by atoms with Gasteiger partial charge in [0.2, 0.25) is 11.6 Å². The lowest BCUT2D eigenvalue weighted by Crippen LogP contribution is -2.35. The number of hydrogen-bond donors (Lipinski definition) is 1. The smallest absolute Gasteiger partial charge is 0.203 e. The maximum absolute atomic E-state index is 13.2. The highest BCUT2D eigenvalue weighted by molar-refractivity contribution is 5.85. The Morgan fingerprint density at radius 2 is 1.76 bits per heavy atom. The van der Waals surface area contributed by atoms with E-state index in [-0.39, 0.29) is 31.5 Å². The highest BCUT2D eigenvalue weighted by Crippen LogP contribution is 2.26. The van der Waals surface area contributed by atoms with Crippen molar-refractivity contribution < 1.29 is 31.8 Å². The topological polar surface area (TPSA) is 61.5 Å². The summed E-state index contributed by atoms with van der Waals surface area (Å²) in [6.07, 6.45) is 0.182. The fraction of sp³-hybridized carbons (Fsp3) is 0.417. The third-order valence-electron chi connectivity index (χ3n) is 2.48. The molecule has 1 aromatic carbocycles. The Bertz CT molecular complexity index is 476. The summed E-state index contributed by atoms with van der Waals surface area (Å²) in [5, 5.41) is 0. The van der Waals surface area contributed by atoms with Crippen molar-refractivity contribution in [2.75, 3.05) is 20.3 Å². The van der Waals surface area contributed by atoms with Crippen LogP contribution in [0.25, 0.3) is 0 Å². The van der Waals surface area contributed by atoms with Crippen molar-refractivity contribution in [2.24, 2.45) is 5.73 Å². The SMILES string of the molecule is COCC[C@H](N)C(=O)COc1c(F)c(F)cc(F)c1F.Cl. The van der Waals surface area contributed by atoms with Crippen molar-refractivity contribution in [1.29, 1.82) is 0 Å². The van der Waals surface area contributed by atoms with Gasteiger partial charge in [0.25, 0.3) is 0 Å². The van der Waals surface area contributed by atoms with Crippen molar-refractivity contribution in [3.8, 4) is 5.75 Å². The molecule has 1 atom stereocenters. The first kappa shape index (κ1) is 19.6. The van der Waals surface area contributed by atoms with Gasteiger partial charge in [-0.1, -0.05) is 0 Å². The Morgan fingerprint density at radius 3 is 2.24 bits per heavy atom. The first-order chi connectivity index (χ1) is 9.38. The molecule has 0 aliphatic rings. The van der Waals surface area contributed by atoms with Crippen LogP contribution in [0.15, 0.2) is 6.07 Å². The lowest BCUT2D eigenvalue weighted by Gasteiger charge is -2.12. The molecule has 0 spiro atoms. The fourth-order valence-corrected chi connectivity index (χ4v) is 1.33. The maximum atomic E-state index is 13.2. The van der Waals surface area contributed by atoms with Crippen LogP contribution in [0, 0.1) is 23.3 Å². The predicted molar refractivity (Wildman–Crippen MR) is 68.5 cm³/mol. The van der Waals surface area contributed by atoms with Gasteiger partial charge in [0, 0.05) is 19.8 Å². The zero-order chi connectivity index (χ0) is 15.3. The molecule has 2 N–H and O–H groups in total. The van der Waals surface area contributed by atoms with Gasteiger partial charge in [-0.05, 0) is 6.42 Å². The number of ether oxygens (including phenoxy) is 2. The summed E-state index contributed by atoms with van der Waals surface area (Å²) in [6, 6.07) is -0.914. The van der Waals surface area contributed by atoms with E-state index in [9.17, 15) is 22.4 Å². The first-order valence-electron chi connectivity index (χ1n) is 5.61. The largest absolute Gasteiger partial charge is 0.479 e. The Labute approximate surface area is 124 Å². The Kier molecular flexibility index (Phi) is 8.23. The second-order valence-electron chi connectivity index (χ2n) is 3.94. The van der Waals surface area contributed by atoms with Crippen molar-refractivity contribution in [3.63, 3.8) is 0 Å². The third kappa shape index (κ3) is 5.14. The minimum atomic E-state index is -1.71. The zero-order valence-corrected chi connectivity index (χ0v) is 11.8. The number of carbonyl (C=O) groups excluding carboxylic acids is 1. The summed E-state index contributed by atoms with van der Waals surface area (Å²) in [4.78, 5) is 11.5.